The Balaban J connectivity index is 0.00000261. The first kappa shape index (κ1) is 22.0. The zero-order chi connectivity index (χ0) is 18.0. The van der Waals surface area contributed by atoms with Crippen LogP contribution in [0.15, 0.2) is 27.8 Å². The van der Waals surface area contributed by atoms with Gasteiger partial charge in [0.1, 0.15) is 5.76 Å². The number of likely N-dealkylation sites (tertiary alicyclic amines) is 1. The minimum Gasteiger partial charge on any atom is -0.469 e. The van der Waals surface area contributed by atoms with Crippen LogP contribution in [0.3, 0.4) is 0 Å². The van der Waals surface area contributed by atoms with Crippen molar-refractivity contribution in [3.63, 3.8) is 0 Å². The monoisotopic (exact) mass is 488 g/mol. The van der Waals surface area contributed by atoms with Crippen LogP contribution < -0.4 is 10.6 Å². The van der Waals surface area contributed by atoms with E-state index in [1.165, 1.54) is 32.1 Å². The van der Waals surface area contributed by atoms with E-state index < -0.39 is 0 Å². The summed E-state index contributed by atoms with van der Waals surface area (Å²) in [7, 11) is 0. The third-order valence-electron chi connectivity index (χ3n) is 5.22. The molecule has 1 aliphatic carbocycles. The Kier molecular flexibility index (Phi) is 10.0. The molecule has 27 heavy (non-hydrogen) atoms. The van der Waals surface area contributed by atoms with Crippen LogP contribution in [0.4, 0.5) is 0 Å². The van der Waals surface area contributed by atoms with E-state index >= 15 is 0 Å². The van der Waals surface area contributed by atoms with E-state index in [2.05, 4.69) is 10.6 Å². The second-order valence-electron chi connectivity index (χ2n) is 7.30. The summed E-state index contributed by atoms with van der Waals surface area (Å²) in [5, 5.41) is 7.04. The molecule has 0 unspecified atom stereocenters. The predicted octanol–water partition coefficient (Wildman–Crippen LogP) is 3.32. The lowest BCUT2D eigenvalue weighted by molar-refractivity contribution is -0.127. The van der Waals surface area contributed by atoms with Crippen molar-refractivity contribution in [1.29, 1.82) is 0 Å². The van der Waals surface area contributed by atoms with Crippen molar-refractivity contribution in [3.8, 4) is 0 Å². The summed E-state index contributed by atoms with van der Waals surface area (Å²) in [5.74, 6) is 2.18. The topological polar surface area (TPSA) is 69.9 Å². The Morgan fingerprint density at radius 2 is 2.11 bits per heavy atom. The summed E-state index contributed by atoms with van der Waals surface area (Å²) in [5.41, 5.74) is 0. The summed E-state index contributed by atoms with van der Waals surface area (Å²) >= 11 is 0. The zero-order valence-electron chi connectivity index (χ0n) is 16.1. The molecule has 1 aromatic heterocycles. The summed E-state index contributed by atoms with van der Waals surface area (Å²) in [6, 6.07) is 4.45. The van der Waals surface area contributed by atoms with Gasteiger partial charge in [0.15, 0.2) is 5.96 Å². The molecule has 2 aliphatic rings. The molecule has 6 nitrogen and oxygen atoms in total. The highest BCUT2D eigenvalue weighted by Gasteiger charge is 2.19. The highest BCUT2D eigenvalue weighted by atomic mass is 127. The second kappa shape index (κ2) is 12.3. The quantitative estimate of drug-likeness (QED) is 0.255. The third kappa shape index (κ3) is 7.71. The van der Waals surface area contributed by atoms with Gasteiger partial charge in [-0.15, -0.1) is 24.0 Å². The van der Waals surface area contributed by atoms with Crippen LogP contribution in [0.2, 0.25) is 0 Å². The van der Waals surface area contributed by atoms with E-state index in [1.54, 1.807) is 6.26 Å². The van der Waals surface area contributed by atoms with Crippen LogP contribution in [-0.4, -0.2) is 49.0 Å². The van der Waals surface area contributed by atoms with E-state index in [-0.39, 0.29) is 24.0 Å². The zero-order valence-corrected chi connectivity index (χ0v) is 18.5. The second-order valence-corrected chi connectivity index (χ2v) is 7.30. The first-order valence-corrected chi connectivity index (χ1v) is 10.2. The van der Waals surface area contributed by atoms with Gasteiger partial charge in [-0.3, -0.25) is 9.79 Å². The van der Waals surface area contributed by atoms with E-state index in [4.69, 9.17) is 9.41 Å². The molecule has 1 aliphatic heterocycles. The van der Waals surface area contributed by atoms with Gasteiger partial charge in [0.25, 0.3) is 0 Å². The lowest BCUT2D eigenvalue weighted by Gasteiger charge is -2.25. The average molecular weight is 488 g/mol. The molecule has 2 fully saturated rings. The lowest BCUT2D eigenvalue weighted by Crippen LogP contribution is -2.45. The highest BCUT2D eigenvalue weighted by molar-refractivity contribution is 14.0. The number of rotatable bonds is 8. The molecule has 1 saturated heterocycles. The molecule has 7 heteroatoms. The largest absolute Gasteiger partial charge is 0.469 e. The normalized spacial score (nSPS) is 18.4. The molecule has 0 aromatic carbocycles. The molecule has 1 aromatic rings. The Morgan fingerprint density at radius 3 is 2.81 bits per heavy atom. The maximum atomic E-state index is 11.7. The first-order valence-electron chi connectivity index (χ1n) is 10.2. The van der Waals surface area contributed by atoms with Crippen LogP contribution in [0.1, 0.15) is 57.1 Å². The highest BCUT2D eigenvalue weighted by Crippen LogP contribution is 2.17. The molecule has 2 heterocycles. The smallest absolute Gasteiger partial charge is 0.222 e. The number of aliphatic imine (C=N–C) groups is 1. The van der Waals surface area contributed by atoms with Gasteiger partial charge in [0.2, 0.25) is 5.91 Å². The van der Waals surface area contributed by atoms with Gasteiger partial charge in [-0.1, -0.05) is 19.3 Å². The Labute approximate surface area is 179 Å². The first-order chi connectivity index (χ1) is 12.8. The molecule has 2 N–H and O–H groups in total. The summed E-state index contributed by atoms with van der Waals surface area (Å²) in [6.45, 7) is 3.28. The molecule has 0 spiro atoms. The molecule has 1 saturated carbocycles. The van der Waals surface area contributed by atoms with Gasteiger partial charge in [-0.05, 0) is 37.8 Å². The number of halogens is 1. The molecule has 0 radical (unpaired) electrons. The van der Waals surface area contributed by atoms with Crippen LogP contribution >= 0.6 is 24.0 Å². The summed E-state index contributed by atoms with van der Waals surface area (Å²) in [6.07, 6.45) is 11.6. The SMILES string of the molecule is I.O=C1CCCN1CCCN=C(NCCc1ccco1)NC1CCCCC1. The lowest BCUT2D eigenvalue weighted by atomic mass is 9.96. The fourth-order valence-corrected chi connectivity index (χ4v) is 3.74. The van der Waals surface area contributed by atoms with Crippen molar-refractivity contribution in [2.24, 2.45) is 4.99 Å². The Morgan fingerprint density at radius 1 is 1.26 bits per heavy atom. The van der Waals surface area contributed by atoms with E-state index in [0.717, 1.165) is 57.2 Å². The molecule has 3 rings (SSSR count). The van der Waals surface area contributed by atoms with Crippen LogP contribution in [0.5, 0.6) is 0 Å². The maximum absolute atomic E-state index is 11.7. The van der Waals surface area contributed by atoms with Crippen molar-refractivity contribution in [2.45, 2.75) is 63.8 Å². The Hall–Kier alpha value is -1.25. The van der Waals surface area contributed by atoms with Crippen molar-refractivity contribution in [2.75, 3.05) is 26.2 Å². The number of carbonyl (C=O) groups is 1. The minimum absolute atomic E-state index is 0. The number of hydrogen-bond acceptors (Lipinski definition) is 3. The number of furan rings is 1. The van der Waals surface area contributed by atoms with Gasteiger partial charge in [-0.2, -0.15) is 0 Å². The predicted molar refractivity (Wildman–Crippen MR) is 119 cm³/mol. The van der Waals surface area contributed by atoms with E-state index in [1.807, 2.05) is 17.0 Å². The summed E-state index contributed by atoms with van der Waals surface area (Å²) < 4.78 is 5.39. The van der Waals surface area contributed by atoms with Gasteiger partial charge >= 0.3 is 0 Å². The summed E-state index contributed by atoms with van der Waals surface area (Å²) in [4.78, 5) is 18.4. The molecule has 0 atom stereocenters. The van der Waals surface area contributed by atoms with Crippen LogP contribution in [-0.2, 0) is 11.2 Å². The van der Waals surface area contributed by atoms with E-state index in [0.29, 0.717) is 18.4 Å². The number of hydrogen-bond donors (Lipinski definition) is 2. The standard InChI is InChI=1S/C20H32N4O2.HI/c25-19-10-4-14-24(19)15-6-12-21-20(23-17-7-2-1-3-8-17)22-13-11-18-9-5-16-26-18;/h5,9,16-17H,1-4,6-8,10-15H2,(H2,21,22,23);1H. The number of nitrogens with one attached hydrogen (secondary N) is 2. The number of guanidine groups is 1. The molecule has 1 amide bonds. The third-order valence-corrected chi connectivity index (χ3v) is 5.22. The van der Waals surface area contributed by atoms with Crippen molar-refractivity contribution in [3.05, 3.63) is 24.2 Å². The van der Waals surface area contributed by atoms with Crippen LogP contribution in [0, 0.1) is 0 Å². The maximum Gasteiger partial charge on any atom is 0.222 e. The molecule has 152 valence electrons. The molecule has 0 bridgehead atoms. The molecular formula is C20H33IN4O2. The van der Waals surface area contributed by atoms with Crippen molar-refractivity contribution in [1.82, 2.24) is 15.5 Å². The fraction of sp³-hybridized carbons (Fsp3) is 0.700. The number of amides is 1. The van der Waals surface area contributed by atoms with Gasteiger partial charge in [0.05, 0.1) is 6.26 Å². The average Bonchev–Trinajstić information content (AvgIpc) is 3.31. The van der Waals surface area contributed by atoms with Crippen molar-refractivity contribution >= 4 is 35.8 Å². The van der Waals surface area contributed by atoms with Gasteiger partial charge in [0, 0.05) is 45.1 Å². The molecular weight excluding hydrogens is 455 g/mol. The number of carbonyl (C=O) groups excluding carboxylic acids is 1. The fourth-order valence-electron chi connectivity index (χ4n) is 3.74. The Bertz CT molecular complexity index is 571. The van der Waals surface area contributed by atoms with E-state index in [9.17, 15) is 4.79 Å². The number of nitrogens with zero attached hydrogens (tertiary/aromatic N) is 2. The minimum atomic E-state index is 0. The van der Waals surface area contributed by atoms with Gasteiger partial charge in [-0.25, -0.2) is 0 Å². The van der Waals surface area contributed by atoms with Crippen LogP contribution in [0.25, 0.3) is 0 Å². The van der Waals surface area contributed by atoms with Crippen molar-refractivity contribution < 1.29 is 9.21 Å². The van der Waals surface area contributed by atoms with Gasteiger partial charge < -0.3 is 20.0 Å².